The Morgan fingerprint density at radius 2 is 2.00 bits per heavy atom. The minimum absolute atomic E-state index is 0.489. The van der Waals surface area contributed by atoms with Crippen molar-refractivity contribution in [1.29, 1.82) is 0 Å². The van der Waals surface area contributed by atoms with Gasteiger partial charge in [-0.25, -0.2) is 0 Å². The molecule has 13 heavy (non-hydrogen) atoms. The fraction of sp³-hybridized carbons (Fsp3) is 0.100. The van der Waals surface area contributed by atoms with Crippen molar-refractivity contribution >= 4 is 26.8 Å². The fourth-order valence-electron chi connectivity index (χ4n) is 1.25. The van der Waals surface area contributed by atoms with Crippen LogP contribution in [0.1, 0.15) is 5.69 Å². The van der Waals surface area contributed by atoms with Crippen molar-refractivity contribution in [1.82, 2.24) is 4.98 Å². The molecule has 66 valence electrons. The Kier molecular flexibility index (Phi) is 2.29. The van der Waals surface area contributed by atoms with E-state index in [4.69, 9.17) is 5.73 Å². The summed E-state index contributed by atoms with van der Waals surface area (Å²) in [6.07, 6.45) is 0. The molecule has 0 aliphatic heterocycles. The predicted octanol–water partition coefficient (Wildman–Crippen LogP) is 2.46. The monoisotopic (exact) mass is 236 g/mol. The molecule has 0 aliphatic rings. The number of nitrogens with two attached hydrogens (primary N) is 1. The maximum absolute atomic E-state index is 5.50. The zero-order valence-corrected chi connectivity index (χ0v) is 8.58. The van der Waals surface area contributed by atoms with E-state index in [0.717, 1.165) is 21.1 Å². The first-order valence-electron chi connectivity index (χ1n) is 4.05. The fourth-order valence-corrected chi connectivity index (χ4v) is 1.60. The van der Waals surface area contributed by atoms with Crippen molar-refractivity contribution in [2.75, 3.05) is 0 Å². The van der Waals surface area contributed by atoms with E-state index in [2.05, 4.69) is 20.9 Å². The van der Waals surface area contributed by atoms with Gasteiger partial charge in [0.1, 0.15) is 0 Å². The third-order valence-electron chi connectivity index (χ3n) is 1.92. The van der Waals surface area contributed by atoms with E-state index in [1.807, 2.05) is 30.3 Å². The minimum atomic E-state index is 0.489. The normalized spacial score (nSPS) is 10.6. The van der Waals surface area contributed by atoms with Gasteiger partial charge >= 0.3 is 0 Å². The van der Waals surface area contributed by atoms with Gasteiger partial charge in [-0.3, -0.25) is 4.98 Å². The largest absolute Gasteiger partial charge is 0.325 e. The maximum atomic E-state index is 5.50. The van der Waals surface area contributed by atoms with Crippen LogP contribution in [0.4, 0.5) is 0 Å². The van der Waals surface area contributed by atoms with Crippen LogP contribution in [0.25, 0.3) is 10.9 Å². The molecule has 0 unspecified atom stereocenters. The number of hydrogen-bond donors (Lipinski definition) is 1. The number of aromatic nitrogens is 1. The Balaban J connectivity index is 2.68. The Morgan fingerprint density at radius 1 is 1.23 bits per heavy atom. The van der Waals surface area contributed by atoms with Crippen LogP contribution in [-0.2, 0) is 6.54 Å². The van der Waals surface area contributed by atoms with Gasteiger partial charge in [0.25, 0.3) is 0 Å². The van der Waals surface area contributed by atoms with Crippen molar-refractivity contribution < 1.29 is 0 Å². The van der Waals surface area contributed by atoms with Gasteiger partial charge in [-0.15, -0.1) is 0 Å². The summed E-state index contributed by atoms with van der Waals surface area (Å²) in [5.74, 6) is 0. The molecule has 1 heterocycles. The van der Waals surface area contributed by atoms with Gasteiger partial charge in [-0.05, 0) is 18.2 Å². The van der Waals surface area contributed by atoms with Gasteiger partial charge in [-0.1, -0.05) is 28.1 Å². The van der Waals surface area contributed by atoms with Crippen LogP contribution in [0.2, 0.25) is 0 Å². The summed E-state index contributed by atoms with van der Waals surface area (Å²) in [5, 5.41) is 1.14. The third kappa shape index (κ3) is 1.71. The van der Waals surface area contributed by atoms with E-state index < -0.39 is 0 Å². The third-order valence-corrected chi connectivity index (χ3v) is 2.41. The summed E-state index contributed by atoms with van der Waals surface area (Å²) in [6.45, 7) is 0.489. The number of rotatable bonds is 1. The number of nitrogens with zero attached hydrogens (tertiary/aromatic N) is 1. The average Bonchev–Trinajstić information content (AvgIpc) is 2.16. The van der Waals surface area contributed by atoms with Crippen LogP contribution in [0.5, 0.6) is 0 Å². The lowest BCUT2D eigenvalue weighted by molar-refractivity contribution is 1.01. The molecular formula is C10H9BrN2. The Hall–Kier alpha value is -0.930. The summed E-state index contributed by atoms with van der Waals surface area (Å²) < 4.78 is 1.04. The molecule has 0 saturated carbocycles. The molecule has 0 amide bonds. The zero-order valence-electron chi connectivity index (χ0n) is 7.00. The van der Waals surface area contributed by atoms with Gasteiger partial charge < -0.3 is 5.73 Å². The van der Waals surface area contributed by atoms with E-state index in [-0.39, 0.29) is 0 Å². The van der Waals surface area contributed by atoms with E-state index in [0.29, 0.717) is 6.54 Å². The molecule has 3 heteroatoms. The van der Waals surface area contributed by atoms with Crippen molar-refractivity contribution in [3.63, 3.8) is 0 Å². The summed E-state index contributed by atoms with van der Waals surface area (Å²) in [6, 6.07) is 10.0. The minimum Gasteiger partial charge on any atom is -0.325 e. The van der Waals surface area contributed by atoms with Crippen LogP contribution in [-0.4, -0.2) is 4.98 Å². The topological polar surface area (TPSA) is 38.9 Å². The molecule has 0 aliphatic carbocycles. The van der Waals surface area contributed by atoms with Crippen LogP contribution < -0.4 is 5.73 Å². The second-order valence-electron chi connectivity index (χ2n) is 2.84. The van der Waals surface area contributed by atoms with Crippen LogP contribution in [0.15, 0.2) is 34.8 Å². The Labute approximate surface area is 84.9 Å². The number of pyridine rings is 1. The Morgan fingerprint density at radius 3 is 2.77 bits per heavy atom. The predicted molar refractivity (Wildman–Crippen MR) is 57.3 cm³/mol. The lowest BCUT2D eigenvalue weighted by Gasteiger charge is -2.00. The number of benzene rings is 1. The lowest BCUT2D eigenvalue weighted by atomic mass is 10.2. The van der Waals surface area contributed by atoms with Gasteiger partial charge in [0, 0.05) is 16.4 Å². The maximum Gasteiger partial charge on any atom is 0.0717 e. The van der Waals surface area contributed by atoms with Gasteiger partial charge in [0.2, 0.25) is 0 Å². The first kappa shape index (κ1) is 8.66. The second kappa shape index (κ2) is 3.44. The summed E-state index contributed by atoms with van der Waals surface area (Å²) >= 11 is 3.41. The molecular weight excluding hydrogens is 228 g/mol. The molecule has 0 fully saturated rings. The van der Waals surface area contributed by atoms with E-state index >= 15 is 0 Å². The van der Waals surface area contributed by atoms with Crippen LogP contribution >= 0.6 is 15.9 Å². The quantitative estimate of drug-likeness (QED) is 0.827. The smallest absolute Gasteiger partial charge is 0.0717 e. The molecule has 1 aromatic carbocycles. The van der Waals surface area contributed by atoms with E-state index in [1.54, 1.807) is 0 Å². The molecule has 2 rings (SSSR count). The van der Waals surface area contributed by atoms with Gasteiger partial charge in [-0.2, -0.15) is 0 Å². The van der Waals surface area contributed by atoms with Crippen LogP contribution in [0, 0.1) is 0 Å². The SMILES string of the molecule is NCc1ccc2ccc(Br)cc2n1. The molecule has 2 N–H and O–H groups in total. The van der Waals surface area contributed by atoms with E-state index in [1.165, 1.54) is 0 Å². The first-order valence-corrected chi connectivity index (χ1v) is 4.84. The molecule has 0 radical (unpaired) electrons. The van der Waals surface area contributed by atoms with Crippen LogP contribution in [0.3, 0.4) is 0 Å². The van der Waals surface area contributed by atoms with Gasteiger partial charge in [0.15, 0.2) is 0 Å². The molecule has 0 saturated heterocycles. The van der Waals surface area contributed by atoms with Crippen molar-refractivity contribution in [3.8, 4) is 0 Å². The first-order chi connectivity index (χ1) is 6.29. The molecule has 0 spiro atoms. The number of hydrogen-bond acceptors (Lipinski definition) is 2. The molecule has 0 bridgehead atoms. The summed E-state index contributed by atoms with van der Waals surface area (Å²) in [5.41, 5.74) is 7.41. The highest BCUT2D eigenvalue weighted by atomic mass is 79.9. The van der Waals surface area contributed by atoms with E-state index in [9.17, 15) is 0 Å². The molecule has 1 aromatic heterocycles. The average molecular weight is 237 g/mol. The Bertz CT molecular complexity index is 440. The summed E-state index contributed by atoms with van der Waals surface area (Å²) in [4.78, 5) is 4.40. The number of halogens is 1. The van der Waals surface area contributed by atoms with Crippen molar-refractivity contribution in [2.24, 2.45) is 5.73 Å². The summed E-state index contributed by atoms with van der Waals surface area (Å²) in [7, 11) is 0. The van der Waals surface area contributed by atoms with Crippen molar-refractivity contribution in [2.45, 2.75) is 6.54 Å². The highest BCUT2D eigenvalue weighted by molar-refractivity contribution is 9.10. The lowest BCUT2D eigenvalue weighted by Crippen LogP contribution is -1.98. The highest BCUT2D eigenvalue weighted by Gasteiger charge is 1.97. The number of fused-ring (bicyclic) bond motifs is 1. The standard InChI is InChI=1S/C10H9BrN2/c11-8-3-1-7-2-4-9(6-12)13-10(7)5-8/h1-5H,6,12H2. The molecule has 0 atom stereocenters. The molecule has 2 nitrogen and oxygen atoms in total. The van der Waals surface area contributed by atoms with Crippen molar-refractivity contribution in [3.05, 3.63) is 40.5 Å². The second-order valence-corrected chi connectivity index (χ2v) is 3.76. The zero-order chi connectivity index (χ0) is 9.26. The molecule has 2 aromatic rings. The highest BCUT2D eigenvalue weighted by Crippen LogP contribution is 2.18. The van der Waals surface area contributed by atoms with Gasteiger partial charge in [0.05, 0.1) is 11.2 Å².